The van der Waals surface area contributed by atoms with Gasteiger partial charge in [-0.05, 0) is 57.0 Å². The van der Waals surface area contributed by atoms with Crippen molar-refractivity contribution in [3.63, 3.8) is 0 Å². The third kappa shape index (κ3) is 6.62. The lowest BCUT2D eigenvalue weighted by atomic mass is 10.0. The van der Waals surface area contributed by atoms with Crippen LogP contribution >= 0.6 is 0 Å². The largest absolute Gasteiger partial charge is 0.449 e. The Hall–Kier alpha value is -3.39. The Labute approximate surface area is 172 Å². The molecular weight excluding hydrogens is 364 g/mol. The molecule has 0 unspecified atom stereocenters. The Balaban J connectivity index is 2.03. The summed E-state index contributed by atoms with van der Waals surface area (Å²) in [6, 6.07) is 18.6. The van der Waals surface area contributed by atoms with Crippen molar-refractivity contribution < 1.29 is 14.3 Å². The van der Waals surface area contributed by atoms with Gasteiger partial charge in [0.15, 0.2) is 6.10 Å². The van der Waals surface area contributed by atoms with Gasteiger partial charge in [-0.25, -0.2) is 4.79 Å². The predicted octanol–water partition coefficient (Wildman–Crippen LogP) is 4.33. The molecule has 2 rings (SSSR count). The van der Waals surface area contributed by atoms with Crippen LogP contribution in [-0.2, 0) is 20.9 Å². The van der Waals surface area contributed by atoms with Crippen molar-refractivity contribution in [3.05, 3.63) is 77.4 Å². The van der Waals surface area contributed by atoms with Gasteiger partial charge >= 0.3 is 5.97 Å². The van der Waals surface area contributed by atoms with Crippen LogP contribution in [0.1, 0.15) is 44.4 Å². The lowest BCUT2D eigenvalue weighted by molar-refractivity contribution is -0.158. The lowest BCUT2D eigenvalue weighted by Gasteiger charge is -2.37. The fourth-order valence-electron chi connectivity index (χ4n) is 2.73. The van der Waals surface area contributed by atoms with Crippen molar-refractivity contribution >= 4 is 18.0 Å². The second-order valence-electron chi connectivity index (χ2n) is 7.73. The molecule has 0 radical (unpaired) electrons. The van der Waals surface area contributed by atoms with Crippen LogP contribution in [0.4, 0.5) is 0 Å². The number of amides is 1. The Morgan fingerprint density at radius 1 is 1.10 bits per heavy atom. The minimum absolute atomic E-state index is 0.249. The van der Waals surface area contributed by atoms with Crippen molar-refractivity contribution in [1.29, 1.82) is 5.26 Å². The number of nitrogens with zero attached hydrogens (tertiary/aromatic N) is 2. The van der Waals surface area contributed by atoms with Gasteiger partial charge in [0, 0.05) is 18.2 Å². The quantitative estimate of drug-likeness (QED) is 0.544. The number of esters is 1. The van der Waals surface area contributed by atoms with Gasteiger partial charge in [0.05, 0.1) is 11.6 Å². The Morgan fingerprint density at radius 2 is 1.72 bits per heavy atom. The van der Waals surface area contributed by atoms with Gasteiger partial charge in [-0.15, -0.1) is 0 Å². The van der Waals surface area contributed by atoms with E-state index in [1.807, 2.05) is 57.2 Å². The summed E-state index contributed by atoms with van der Waals surface area (Å²) in [6.45, 7) is 7.87. The van der Waals surface area contributed by atoms with E-state index in [0.717, 1.165) is 11.1 Å². The molecule has 29 heavy (non-hydrogen) atoms. The molecule has 0 fully saturated rings. The molecule has 0 aliphatic carbocycles. The number of hydrogen-bond donors (Lipinski definition) is 0. The van der Waals surface area contributed by atoms with Gasteiger partial charge in [-0.3, -0.25) is 4.79 Å². The molecule has 1 amide bonds. The molecule has 0 aromatic heterocycles. The highest BCUT2D eigenvalue weighted by molar-refractivity contribution is 5.90. The molecule has 2 aromatic carbocycles. The number of nitriles is 1. The molecule has 2 aromatic rings. The number of carbonyl (C=O) groups is 2. The fourth-order valence-corrected chi connectivity index (χ4v) is 2.73. The maximum Gasteiger partial charge on any atom is 0.331 e. The van der Waals surface area contributed by atoms with E-state index in [1.54, 1.807) is 42.2 Å². The number of ether oxygens (including phenoxy) is 1. The molecule has 0 aliphatic rings. The Bertz CT molecular complexity index is 904. The average Bonchev–Trinajstić information content (AvgIpc) is 2.70. The summed E-state index contributed by atoms with van der Waals surface area (Å²) < 4.78 is 5.32. The van der Waals surface area contributed by atoms with Crippen LogP contribution < -0.4 is 0 Å². The number of hydrogen-bond acceptors (Lipinski definition) is 4. The van der Waals surface area contributed by atoms with Crippen molar-refractivity contribution in [2.24, 2.45) is 0 Å². The molecule has 5 nitrogen and oxygen atoms in total. The standard InChI is InChI=1S/C24H26N2O3/c1-18(29-22(27)15-14-19-10-12-20(16-25)13-11-19)23(28)26(24(2,3)4)17-21-8-6-5-7-9-21/h5-15,18H,17H2,1-4H3/b15-14+/t18-/m1/s1. The van der Waals surface area contributed by atoms with Crippen LogP contribution in [-0.4, -0.2) is 28.4 Å². The number of carbonyl (C=O) groups excluding carboxylic acids is 2. The second kappa shape index (κ2) is 9.70. The highest BCUT2D eigenvalue weighted by atomic mass is 16.5. The first-order chi connectivity index (χ1) is 13.7. The summed E-state index contributed by atoms with van der Waals surface area (Å²) in [4.78, 5) is 26.8. The lowest BCUT2D eigenvalue weighted by Crippen LogP contribution is -2.49. The van der Waals surface area contributed by atoms with Crippen LogP contribution in [0.5, 0.6) is 0 Å². The second-order valence-corrected chi connectivity index (χ2v) is 7.73. The topological polar surface area (TPSA) is 70.4 Å². The van der Waals surface area contributed by atoms with Crippen LogP contribution in [0.3, 0.4) is 0 Å². The molecule has 0 aliphatic heterocycles. The molecule has 1 atom stereocenters. The average molecular weight is 390 g/mol. The van der Waals surface area contributed by atoms with E-state index in [9.17, 15) is 9.59 Å². The van der Waals surface area contributed by atoms with Crippen molar-refractivity contribution in [3.8, 4) is 6.07 Å². The van der Waals surface area contributed by atoms with E-state index < -0.39 is 17.6 Å². The van der Waals surface area contributed by atoms with Crippen molar-refractivity contribution in [2.75, 3.05) is 0 Å². The molecule has 0 heterocycles. The van der Waals surface area contributed by atoms with Gasteiger partial charge in [-0.1, -0.05) is 42.5 Å². The van der Waals surface area contributed by atoms with E-state index in [-0.39, 0.29) is 5.91 Å². The predicted molar refractivity (Wildman–Crippen MR) is 112 cm³/mol. The van der Waals surface area contributed by atoms with Gasteiger partial charge < -0.3 is 9.64 Å². The zero-order valence-corrected chi connectivity index (χ0v) is 17.3. The van der Waals surface area contributed by atoms with Gasteiger partial charge in [-0.2, -0.15) is 5.26 Å². The first kappa shape index (κ1) is 21.9. The van der Waals surface area contributed by atoms with E-state index in [2.05, 4.69) is 0 Å². The molecule has 0 saturated carbocycles. The minimum atomic E-state index is -0.906. The van der Waals surface area contributed by atoms with Crippen molar-refractivity contribution in [1.82, 2.24) is 4.90 Å². The maximum atomic E-state index is 13.0. The molecular formula is C24H26N2O3. The molecule has 0 spiro atoms. The highest BCUT2D eigenvalue weighted by Gasteiger charge is 2.31. The van der Waals surface area contributed by atoms with E-state index in [0.29, 0.717) is 12.1 Å². The Kier molecular flexibility index (Phi) is 7.33. The summed E-state index contributed by atoms with van der Waals surface area (Å²) in [5.74, 6) is -0.842. The molecule has 5 heteroatoms. The summed E-state index contributed by atoms with van der Waals surface area (Å²) in [5, 5.41) is 8.81. The van der Waals surface area contributed by atoms with Gasteiger partial charge in [0.1, 0.15) is 0 Å². The maximum absolute atomic E-state index is 13.0. The van der Waals surface area contributed by atoms with Crippen LogP contribution in [0.15, 0.2) is 60.7 Å². The zero-order valence-electron chi connectivity index (χ0n) is 17.3. The van der Waals surface area contributed by atoms with Gasteiger partial charge in [0.25, 0.3) is 5.91 Å². The summed E-state index contributed by atoms with van der Waals surface area (Å²) in [5.41, 5.74) is 1.89. The number of rotatable bonds is 6. The third-order valence-corrected chi connectivity index (χ3v) is 4.35. The summed E-state index contributed by atoms with van der Waals surface area (Å²) >= 11 is 0. The van der Waals surface area contributed by atoms with E-state index in [1.165, 1.54) is 6.08 Å². The monoisotopic (exact) mass is 390 g/mol. The molecule has 0 N–H and O–H groups in total. The van der Waals surface area contributed by atoms with Crippen molar-refractivity contribution in [2.45, 2.75) is 45.9 Å². The van der Waals surface area contributed by atoms with E-state index >= 15 is 0 Å². The Morgan fingerprint density at radius 3 is 2.28 bits per heavy atom. The highest BCUT2D eigenvalue weighted by Crippen LogP contribution is 2.19. The minimum Gasteiger partial charge on any atom is -0.449 e. The first-order valence-electron chi connectivity index (χ1n) is 9.45. The SMILES string of the molecule is C[C@@H](OC(=O)/C=C/c1ccc(C#N)cc1)C(=O)N(Cc1ccccc1)C(C)(C)C. The van der Waals surface area contributed by atoms with Gasteiger partial charge in [0.2, 0.25) is 0 Å². The number of benzene rings is 2. The van der Waals surface area contributed by atoms with Crippen LogP contribution in [0.25, 0.3) is 6.08 Å². The normalized spacial score (nSPS) is 12.2. The summed E-state index contributed by atoms with van der Waals surface area (Å²) in [6.07, 6.45) is 1.96. The van der Waals surface area contributed by atoms with Crippen LogP contribution in [0, 0.1) is 11.3 Å². The smallest absolute Gasteiger partial charge is 0.331 e. The van der Waals surface area contributed by atoms with Crippen LogP contribution in [0.2, 0.25) is 0 Å². The summed E-state index contributed by atoms with van der Waals surface area (Å²) in [7, 11) is 0. The molecule has 0 saturated heterocycles. The first-order valence-corrected chi connectivity index (χ1v) is 9.45. The zero-order chi connectivity index (χ0) is 21.4. The third-order valence-electron chi connectivity index (χ3n) is 4.35. The van der Waals surface area contributed by atoms with E-state index in [4.69, 9.17) is 10.00 Å². The molecule has 0 bridgehead atoms. The fraction of sp³-hybridized carbons (Fsp3) is 0.292. The molecule has 150 valence electrons.